The Hall–Kier alpha value is -3.40. The molecule has 1 saturated heterocycles. The van der Waals surface area contributed by atoms with Crippen LogP contribution in [-0.2, 0) is 17.8 Å². The van der Waals surface area contributed by atoms with Crippen molar-refractivity contribution < 1.29 is 9.59 Å². The van der Waals surface area contributed by atoms with Gasteiger partial charge in [-0.3, -0.25) is 14.7 Å². The molecule has 2 aliphatic rings. The number of carbonyl (C=O) groups excluding carboxylic acids is 2. The second kappa shape index (κ2) is 10.1. The monoisotopic (exact) mass is 539 g/mol. The van der Waals surface area contributed by atoms with Crippen LogP contribution in [0, 0.1) is 12.3 Å². The van der Waals surface area contributed by atoms with Gasteiger partial charge in [0, 0.05) is 43.5 Å². The molecule has 3 aromatic rings. The van der Waals surface area contributed by atoms with Gasteiger partial charge in [0.25, 0.3) is 5.56 Å². The van der Waals surface area contributed by atoms with Crippen LogP contribution in [0.2, 0.25) is 5.02 Å². The number of piperidine rings is 1. The van der Waals surface area contributed by atoms with Gasteiger partial charge in [0.15, 0.2) is 0 Å². The van der Waals surface area contributed by atoms with E-state index in [1.807, 2.05) is 24.0 Å². The van der Waals surface area contributed by atoms with Crippen molar-refractivity contribution in [2.24, 2.45) is 5.41 Å². The van der Waals surface area contributed by atoms with Crippen LogP contribution in [0.5, 0.6) is 0 Å². The molecule has 2 aromatic heterocycles. The van der Waals surface area contributed by atoms with Crippen LogP contribution in [0.25, 0.3) is 10.9 Å². The zero-order valence-corrected chi connectivity index (χ0v) is 23.0. The van der Waals surface area contributed by atoms with Gasteiger partial charge in [-0.2, -0.15) is 10.2 Å². The number of benzene rings is 1. The van der Waals surface area contributed by atoms with Crippen molar-refractivity contribution in [3.63, 3.8) is 0 Å². The van der Waals surface area contributed by atoms with Crippen molar-refractivity contribution >= 4 is 34.4 Å². The van der Waals surface area contributed by atoms with Gasteiger partial charge in [0.2, 0.25) is 5.91 Å². The fraction of sp³-hybridized carbons (Fsp3) is 0.519. The van der Waals surface area contributed by atoms with Crippen molar-refractivity contribution in [3.8, 4) is 0 Å². The Labute approximate surface area is 226 Å². The predicted molar refractivity (Wildman–Crippen MR) is 145 cm³/mol. The van der Waals surface area contributed by atoms with E-state index in [0.717, 1.165) is 27.7 Å². The van der Waals surface area contributed by atoms with E-state index in [9.17, 15) is 14.4 Å². The quantitative estimate of drug-likeness (QED) is 0.469. The topological polar surface area (TPSA) is 127 Å². The number of H-pyrrole nitrogens is 2. The van der Waals surface area contributed by atoms with E-state index in [0.29, 0.717) is 56.0 Å². The maximum absolute atomic E-state index is 13.8. The summed E-state index contributed by atoms with van der Waals surface area (Å²) in [6.07, 6.45) is 3.44. The van der Waals surface area contributed by atoms with E-state index in [2.05, 4.69) is 46.5 Å². The molecular formula is C27H34ClN7O3. The summed E-state index contributed by atoms with van der Waals surface area (Å²) in [4.78, 5) is 43.0. The molecule has 1 aromatic carbocycles. The zero-order chi connectivity index (χ0) is 27.2. The Morgan fingerprint density at radius 3 is 2.63 bits per heavy atom. The Balaban J connectivity index is 1.35. The first kappa shape index (κ1) is 26.2. The third-order valence-corrected chi connectivity index (χ3v) is 7.72. The van der Waals surface area contributed by atoms with Gasteiger partial charge in [-0.15, -0.1) is 0 Å². The van der Waals surface area contributed by atoms with Crippen LogP contribution in [0.1, 0.15) is 61.9 Å². The fourth-order valence-electron chi connectivity index (χ4n) is 5.63. The average Bonchev–Trinajstić information content (AvgIpc) is 3.32. The molecule has 0 aliphatic carbocycles. The number of rotatable bonds is 3. The second-order valence-corrected chi connectivity index (χ2v) is 12.1. The standard InChI is InChI=1S/C27H34ClN7O3/c1-15-9-18(24(36)33-31-15)16-5-7-34(8-6-16)26(38)30-22-11-17-10-21(28)23-19(12-29-32-23)20(17)13-35(25(22)37)14-27(2,3)4/h9-10,12,16,22H,5-8,11,13-14H2,1-4H3,(H,29,32)(H,30,38)(H,33,36). The molecule has 202 valence electrons. The number of aryl methyl sites for hydroxylation is 1. The molecule has 1 atom stereocenters. The first-order valence-electron chi connectivity index (χ1n) is 13.0. The number of aromatic amines is 2. The highest BCUT2D eigenvalue weighted by Gasteiger charge is 2.35. The number of fused-ring (bicyclic) bond motifs is 3. The Kier molecular flexibility index (Phi) is 6.94. The smallest absolute Gasteiger partial charge is 0.318 e. The van der Waals surface area contributed by atoms with Gasteiger partial charge >= 0.3 is 6.03 Å². The highest BCUT2D eigenvalue weighted by atomic mass is 35.5. The van der Waals surface area contributed by atoms with Gasteiger partial charge < -0.3 is 15.1 Å². The number of hydrogen-bond donors (Lipinski definition) is 3. The minimum Gasteiger partial charge on any atom is -0.336 e. The number of nitrogens with one attached hydrogen (secondary N) is 3. The first-order chi connectivity index (χ1) is 18.0. The molecule has 10 nitrogen and oxygen atoms in total. The lowest BCUT2D eigenvalue weighted by atomic mass is 9.90. The number of likely N-dealkylation sites (tertiary alicyclic amines) is 1. The number of nitrogens with zero attached hydrogens (tertiary/aromatic N) is 4. The van der Waals surface area contributed by atoms with Crippen LogP contribution >= 0.6 is 11.6 Å². The van der Waals surface area contributed by atoms with Crippen molar-refractivity contribution in [1.82, 2.24) is 35.5 Å². The van der Waals surface area contributed by atoms with Gasteiger partial charge in [0.05, 0.1) is 22.4 Å². The maximum Gasteiger partial charge on any atom is 0.318 e. The number of hydrogen-bond acceptors (Lipinski definition) is 5. The van der Waals surface area contributed by atoms with Crippen molar-refractivity contribution in [2.75, 3.05) is 19.6 Å². The van der Waals surface area contributed by atoms with Gasteiger partial charge in [-0.25, -0.2) is 9.89 Å². The summed E-state index contributed by atoms with van der Waals surface area (Å²) in [5.41, 5.74) is 3.87. The molecule has 0 spiro atoms. The molecule has 0 radical (unpaired) electrons. The molecule has 1 unspecified atom stereocenters. The summed E-state index contributed by atoms with van der Waals surface area (Å²) in [7, 11) is 0. The molecule has 4 heterocycles. The van der Waals surface area contributed by atoms with Crippen LogP contribution in [-0.4, -0.2) is 67.8 Å². The van der Waals surface area contributed by atoms with E-state index < -0.39 is 6.04 Å². The normalized spacial score (nSPS) is 19.0. The lowest BCUT2D eigenvalue weighted by molar-refractivity contribution is -0.134. The molecule has 2 aliphatic heterocycles. The molecule has 38 heavy (non-hydrogen) atoms. The number of amides is 3. The summed E-state index contributed by atoms with van der Waals surface area (Å²) in [6, 6.07) is 2.72. The van der Waals surface area contributed by atoms with Gasteiger partial charge in [0.1, 0.15) is 6.04 Å². The van der Waals surface area contributed by atoms with Crippen molar-refractivity contribution in [2.45, 2.75) is 65.5 Å². The Morgan fingerprint density at radius 2 is 1.92 bits per heavy atom. The van der Waals surface area contributed by atoms with E-state index in [4.69, 9.17) is 11.6 Å². The molecule has 0 saturated carbocycles. The van der Waals surface area contributed by atoms with Crippen LogP contribution in [0.4, 0.5) is 4.79 Å². The summed E-state index contributed by atoms with van der Waals surface area (Å²) < 4.78 is 0. The highest BCUT2D eigenvalue weighted by Crippen LogP contribution is 2.33. The number of halogens is 1. The molecule has 1 fully saturated rings. The summed E-state index contributed by atoms with van der Waals surface area (Å²) in [5, 5.41) is 18.1. The molecule has 3 amide bonds. The second-order valence-electron chi connectivity index (χ2n) is 11.7. The van der Waals surface area contributed by atoms with E-state index in [-0.39, 0.29) is 28.8 Å². The summed E-state index contributed by atoms with van der Waals surface area (Å²) in [6.45, 7) is 10.1. The largest absolute Gasteiger partial charge is 0.336 e. The van der Waals surface area contributed by atoms with E-state index in [1.54, 1.807) is 11.1 Å². The van der Waals surface area contributed by atoms with E-state index in [1.165, 1.54) is 0 Å². The minimum absolute atomic E-state index is 0.0673. The summed E-state index contributed by atoms with van der Waals surface area (Å²) >= 11 is 6.53. The fourth-order valence-corrected chi connectivity index (χ4v) is 5.91. The minimum atomic E-state index is -0.713. The number of urea groups is 1. The SMILES string of the molecule is Cc1cc(C2CCN(C(=O)NC3Cc4cc(Cl)c5[nH]ncc5c4CN(CC(C)(C)C)C3=O)CC2)c(=O)[nH]n1. The van der Waals surface area contributed by atoms with Crippen LogP contribution < -0.4 is 10.9 Å². The average molecular weight is 540 g/mol. The lowest BCUT2D eigenvalue weighted by Gasteiger charge is -2.34. The maximum atomic E-state index is 13.8. The third-order valence-electron chi connectivity index (χ3n) is 7.42. The third kappa shape index (κ3) is 5.27. The predicted octanol–water partition coefficient (Wildman–Crippen LogP) is 3.50. The molecular weight excluding hydrogens is 506 g/mol. The molecule has 5 rings (SSSR count). The number of carbonyl (C=O) groups is 2. The first-order valence-corrected chi connectivity index (χ1v) is 13.4. The summed E-state index contributed by atoms with van der Waals surface area (Å²) in [5.74, 6) is -0.0383. The zero-order valence-electron chi connectivity index (χ0n) is 22.2. The van der Waals surface area contributed by atoms with Crippen LogP contribution in [0.15, 0.2) is 23.1 Å². The highest BCUT2D eigenvalue weighted by molar-refractivity contribution is 6.35. The lowest BCUT2D eigenvalue weighted by Crippen LogP contribution is -2.54. The van der Waals surface area contributed by atoms with Gasteiger partial charge in [-0.05, 0) is 54.4 Å². The van der Waals surface area contributed by atoms with Crippen molar-refractivity contribution in [3.05, 3.63) is 56.1 Å². The Bertz CT molecular complexity index is 1430. The van der Waals surface area contributed by atoms with E-state index >= 15 is 0 Å². The molecule has 11 heteroatoms. The van der Waals surface area contributed by atoms with Gasteiger partial charge in [-0.1, -0.05) is 32.4 Å². The Morgan fingerprint density at radius 1 is 1.18 bits per heavy atom. The van der Waals surface area contributed by atoms with Crippen molar-refractivity contribution in [1.29, 1.82) is 0 Å². The number of aromatic nitrogens is 4. The molecule has 0 bridgehead atoms. The van der Waals surface area contributed by atoms with Crippen LogP contribution in [0.3, 0.4) is 0 Å². The molecule has 3 N–H and O–H groups in total.